The van der Waals surface area contributed by atoms with Gasteiger partial charge in [0.1, 0.15) is 0 Å². The van der Waals surface area contributed by atoms with Crippen molar-refractivity contribution in [2.45, 2.75) is 38.6 Å². The first-order valence-corrected chi connectivity index (χ1v) is 12.8. The zero-order chi connectivity index (χ0) is 20.9. The number of carbonyl (C=O) groups excluding carboxylic acids is 2. The van der Waals surface area contributed by atoms with Gasteiger partial charge in [-0.1, -0.05) is 19.1 Å². The highest BCUT2D eigenvalue weighted by Gasteiger charge is 2.30. The van der Waals surface area contributed by atoms with Crippen LogP contribution in [0.3, 0.4) is 0 Å². The topological polar surface area (TPSA) is 52.7 Å². The summed E-state index contributed by atoms with van der Waals surface area (Å²) in [5.74, 6) is 1.04. The molecule has 30 heavy (non-hydrogen) atoms. The summed E-state index contributed by atoms with van der Waals surface area (Å²) in [5.41, 5.74) is 0. The number of thiophene rings is 2. The molecule has 2 amide bonds. The van der Waals surface area contributed by atoms with Gasteiger partial charge in [0.2, 0.25) is 5.91 Å². The molecule has 162 valence electrons. The van der Waals surface area contributed by atoms with Crippen molar-refractivity contribution in [1.29, 1.82) is 0 Å². The lowest BCUT2D eigenvalue weighted by Gasteiger charge is -2.37. The Balaban J connectivity index is 1.29. The van der Waals surface area contributed by atoms with Crippen LogP contribution in [0, 0.1) is 11.8 Å². The fraction of sp³-hybridized carbons (Fsp3) is 0.565. The van der Waals surface area contributed by atoms with Gasteiger partial charge in [0, 0.05) is 30.4 Å². The highest BCUT2D eigenvalue weighted by Crippen LogP contribution is 2.29. The van der Waals surface area contributed by atoms with E-state index in [0.29, 0.717) is 19.6 Å². The summed E-state index contributed by atoms with van der Waals surface area (Å²) in [6, 6.07) is 8.33. The zero-order valence-corrected chi connectivity index (χ0v) is 19.2. The quantitative estimate of drug-likeness (QED) is 0.723. The van der Waals surface area contributed by atoms with E-state index in [1.54, 1.807) is 11.3 Å². The van der Waals surface area contributed by atoms with Gasteiger partial charge in [0.25, 0.3) is 5.91 Å². The van der Waals surface area contributed by atoms with Crippen LogP contribution >= 0.6 is 22.7 Å². The Morgan fingerprint density at radius 1 is 1.03 bits per heavy atom. The molecule has 5 nitrogen and oxygen atoms in total. The molecule has 0 radical (unpaired) electrons. The number of likely N-dealkylation sites (tertiary alicyclic amines) is 2. The van der Waals surface area contributed by atoms with Crippen molar-refractivity contribution in [3.8, 4) is 0 Å². The molecule has 2 aliphatic rings. The third-order valence-electron chi connectivity index (χ3n) is 6.49. The molecule has 1 atom stereocenters. The fourth-order valence-corrected chi connectivity index (χ4v) is 6.02. The van der Waals surface area contributed by atoms with Gasteiger partial charge < -0.3 is 10.2 Å². The van der Waals surface area contributed by atoms with Crippen molar-refractivity contribution in [3.63, 3.8) is 0 Å². The molecule has 0 aromatic carbocycles. The third-order valence-corrected chi connectivity index (χ3v) is 8.32. The van der Waals surface area contributed by atoms with E-state index < -0.39 is 0 Å². The van der Waals surface area contributed by atoms with Crippen LogP contribution in [0.2, 0.25) is 0 Å². The smallest absolute Gasteiger partial charge is 0.263 e. The highest BCUT2D eigenvalue weighted by atomic mass is 32.1. The molecule has 7 heteroatoms. The second-order valence-electron chi connectivity index (χ2n) is 8.54. The molecule has 0 aliphatic carbocycles. The molecule has 4 heterocycles. The first-order valence-electron chi connectivity index (χ1n) is 11.0. The maximum Gasteiger partial charge on any atom is 0.263 e. The molecular formula is C23H31N3O2S2. The Labute approximate surface area is 187 Å². The van der Waals surface area contributed by atoms with Gasteiger partial charge in [0.05, 0.1) is 10.9 Å². The lowest BCUT2D eigenvalue weighted by molar-refractivity contribution is -0.126. The first kappa shape index (κ1) is 21.5. The second kappa shape index (κ2) is 10.1. The van der Waals surface area contributed by atoms with Gasteiger partial charge in [-0.05, 0) is 67.6 Å². The molecule has 0 unspecified atom stereocenters. The minimum Gasteiger partial charge on any atom is -0.354 e. The third kappa shape index (κ3) is 5.13. The van der Waals surface area contributed by atoms with E-state index in [2.05, 4.69) is 34.7 Å². The lowest BCUT2D eigenvalue weighted by Crippen LogP contribution is -2.45. The summed E-state index contributed by atoms with van der Waals surface area (Å²) in [6.07, 6.45) is 3.95. The Morgan fingerprint density at radius 3 is 2.37 bits per heavy atom. The van der Waals surface area contributed by atoms with Gasteiger partial charge in [-0.2, -0.15) is 0 Å². The summed E-state index contributed by atoms with van der Waals surface area (Å²) in [6.45, 7) is 6.52. The Morgan fingerprint density at radius 2 is 1.73 bits per heavy atom. The molecule has 2 aromatic rings. The van der Waals surface area contributed by atoms with Crippen molar-refractivity contribution in [3.05, 3.63) is 44.8 Å². The van der Waals surface area contributed by atoms with Crippen LogP contribution < -0.4 is 5.32 Å². The van der Waals surface area contributed by atoms with Crippen LogP contribution in [0.5, 0.6) is 0 Å². The van der Waals surface area contributed by atoms with E-state index in [-0.39, 0.29) is 23.8 Å². The number of nitrogens with zero attached hydrogens (tertiary/aromatic N) is 2. The number of piperidine rings is 2. The summed E-state index contributed by atoms with van der Waals surface area (Å²) in [4.78, 5) is 31.9. The van der Waals surface area contributed by atoms with Crippen LogP contribution in [0.25, 0.3) is 0 Å². The summed E-state index contributed by atoms with van der Waals surface area (Å²) >= 11 is 3.26. The zero-order valence-electron chi connectivity index (χ0n) is 17.6. The van der Waals surface area contributed by atoms with Crippen LogP contribution in [0.15, 0.2) is 35.0 Å². The normalized spacial score (nSPS) is 20.2. The molecule has 2 aromatic heterocycles. The summed E-state index contributed by atoms with van der Waals surface area (Å²) in [5, 5.41) is 7.30. The maximum absolute atomic E-state index is 12.9. The van der Waals surface area contributed by atoms with Gasteiger partial charge in [-0.3, -0.25) is 14.5 Å². The van der Waals surface area contributed by atoms with Crippen molar-refractivity contribution in [2.24, 2.45) is 11.8 Å². The summed E-state index contributed by atoms with van der Waals surface area (Å²) in [7, 11) is 0. The van der Waals surface area contributed by atoms with E-state index in [0.717, 1.165) is 36.7 Å². The number of hydrogen-bond acceptors (Lipinski definition) is 5. The molecule has 0 bridgehead atoms. The van der Waals surface area contributed by atoms with Crippen LogP contribution in [-0.4, -0.2) is 54.3 Å². The first-order chi connectivity index (χ1) is 14.6. The number of hydrogen-bond donors (Lipinski definition) is 1. The van der Waals surface area contributed by atoms with Gasteiger partial charge in [-0.25, -0.2) is 0 Å². The molecule has 0 spiro atoms. The van der Waals surface area contributed by atoms with E-state index >= 15 is 0 Å². The van der Waals surface area contributed by atoms with E-state index in [1.807, 2.05) is 22.4 Å². The molecule has 2 saturated heterocycles. The predicted octanol–water partition coefficient (Wildman–Crippen LogP) is 4.25. The molecule has 2 fully saturated rings. The van der Waals surface area contributed by atoms with Crippen molar-refractivity contribution >= 4 is 34.5 Å². The maximum atomic E-state index is 12.9. The van der Waals surface area contributed by atoms with Crippen molar-refractivity contribution in [1.82, 2.24) is 15.1 Å². The molecule has 2 aliphatic heterocycles. The molecular weight excluding hydrogens is 414 g/mol. The highest BCUT2D eigenvalue weighted by molar-refractivity contribution is 7.12. The fourth-order valence-electron chi connectivity index (χ4n) is 4.47. The molecule has 1 N–H and O–H groups in total. The van der Waals surface area contributed by atoms with Gasteiger partial charge in [-0.15, -0.1) is 22.7 Å². The van der Waals surface area contributed by atoms with Gasteiger partial charge in [0.15, 0.2) is 0 Å². The SMILES string of the molecule is CC1CCN([C@@H](CNC(=O)C2CCN(C(=O)c3cccs3)CC2)c2cccs2)CC1. The van der Waals surface area contributed by atoms with Gasteiger partial charge >= 0.3 is 0 Å². The number of carbonyl (C=O) groups is 2. The monoisotopic (exact) mass is 445 g/mol. The number of rotatable bonds is 6. The Kier molecular flexibility index (Phi) is 7.23. The number of nitrogens with one attached hydrogen (secondary N) is 1. The Hall–Kier alpha value is -1.70. The van der Waals surface area contributed by atoms with E-state index in [4.69, 9.17) is 0 Å². The number of amides is 2. The minimum atomic E-state index is 0.00255. The van der Waals surface area contributed by atoms with Crippen LogP contribution in [0.4, 0.5) is 0 Å². The standard InChI is InChI=1S/C23H31N3O2S2/c1-17-6-10-25(11-7-17)19(20-4-2-14-29-20)16-24-22(27)18-8-12-26(13-9-18)23(28)21-5-3-15-30-21/h2-5,14-15,17-19H,6-13,16H2,1H3,(H,24,27)/t19-/m0/s1. The average molecular weight is 446 g/mol. The summed E-state index contributed by atoms with van der Waals surface area (Å²) < 4.78 is 0. The molecule has 0 saturated carbocycles. The van der Waals surface area contributed by atoms with Crippen LogP contribution in [-0.2, 0) is 4.79 Å². The second-order valence-corrected chi connectivity index (χ2v) is 10.5. The molecule has 4 rings (SSSR count). The Bertz CT molecular complexity index is 806. The van der Waals surface area contributed by atoms with Crippen molar-refractivity contribution in [2.75, 3.05) is 32.7 Å². The van der Waals surface area contributed by atoms with Crippen molar-refractivity contribution < 1.29 is 9.59 Å². The van der Waals surface area contributed by atoms with E-state index in [9.17, 15) is 9.59 Å². The minimum absolute atomic E-state index is 0.00255. The predicted molar refractivity (Wildman–Crippen MR) is 123 cm³/mol. The average Bonchev–Trinajstić information content (AvgIpc) is 3.49. The lowest BCUT2D eigenvalue weighted by atomic mass is 9.95. The largest absolute Gasteiger partial charge is 0.354 e. The van der Waals surface area contributed by atoms with E-state index in [1.165, 1.54) is 29.1 Å². The van der Waals surface area contributed by atoms with Crippen LogP contribution in [0.1, 0.15) is 53.2 Å².